The topological polar surface area (TPSA) is 46.9 Å². The molecule has 0 radical (unpaired) electrons. The van der Waals surface area contributed by atoms with Crippen molar-refractivity contribution in [3.05, 3.63) is 35.6 Å². The average Bonchev–Trinajstić information content (AvgIpc) is 2.78. The Labute approximate surface area is 165 Å². The minimum absolute atomic E-state index is 0.133. The van der Waals surface area contributed by atoms with Gasteiger partial charge in [-0.05, 0) is 62.3 Å². The van der Waals surface area contributed by atoms with Gasteiger partial charge in [0.25, 0.3) is 0 Å². The van der Waals surface area contributed by atoms with Gasteiger partial charge in [-0.2, -0.15) is 18.3 Å². The van der Waals surface area contributed by atoms with Gasteiger partial charge in [0.15, 0.2) is 5.82 Å². The Kier molecular flexibility index (Phi) is 3.75. The molecule has 1 heterocycles. The molecule has 2 aromatic rings. The zero-order chi connectivity index (χ0) is 20.6. The van der Waals surface area contributed by atoms with E-state index in [1.165, 1.54) is 12.1 Å². The Balaban J connectivity index is 1.43. The van der Waals surface area contributed by atoms with Crippen LogP contribution in [0.2, 0.25) is 0 Å². The molecule has 0 unspecified atom stereocenters. The van der Waals surface area contributed by atoms with E-state index in [-0.39, 0.29) is 36.9 Å². The number of benzene rings is 1. The number of anilines is 1. The number of nitrogens with zero attached hydrogens (tertiary/aromatic N) is 2. The van der Waals surface area contributed by atoms with Crippen molar-refractivity contribution in [3.8, 4) is 11.3 Å². The minimum Gasteiger partial charge on any atom is -0.308 e. The molecule has 4 fully saturated rings. The first-order chi connectivity index (χ1) is 13.6. The quantitative estimate of drug-likeness (QED) is 0.712. The SMILES string of the molecule is Cn1nc(NC(=O)C23CC(C(F)(F)F)(C2)C3)c(C2CCC2)c1-c1ccc(F)cc1. The summed E-state index contributed by atoms with van der Waals surface area (Å²) in [5, 5.41) is 7.32. The monoisotopic (exact) mass is 407 g/mol. The lowest BCUT2D eigenvalue weighted by Crippen LogP contribution is -2.71. The summed E-state index contributed by atoms with van der Waals surface area (Å²) in [5.41, 5.74) is -0.0691. The van der Waals surface area contributed by atoms with Crippen molar-refractivity contribution in [1.82, 2.24) is 9.78 Å². The number of carbonyl (C=O) groups is 1. The van der Waals surface area contributed by atoms with Gasteiger partial charge in [-0.1, -0.05) is 6.42 Å². The molecule has 1 aromatic carbocycles. The molecule has 0 spiro atoms. The summed E-state index contributed by atoms with van der Waals surface area (Å²) in [6.45, 7) is 0. The number of alkyl halides is 3. The summed E-state index contributed by atoms with van der Waals surface area (Å²) in [5.74, 6) is -0.0503. The predicted molar refractivity (Wildman–Crippen MR) is 98.6 cm³/mol. The van der Waals surface area contributed by atoms with Crippen LogP contribution in [0.1, 0.15) is 50.0 Å². The summed E-state index contributed by atoms with van der Waals surface area (Å²) in [6.07, 6.45) is -1.64. The number of amides is 1. The summed E-state index contributed by atoms with van der Waals surface area (Å²) >= 11 is 0. The molecular weight excluding hydrogens is 386 g/mol. The second-order valence-electron chi connectivity index (χ2n) is 8.91. The number of halogens is 4. The van der Waals surface area contributed by atoms with Crippen molar-refractivity contribution in [2.45, 2.75) is 50.6 Å². The van der Waals surface area contributed by atoms with Crippen LogP contribution < -0.4 is 5.32 Å². The highest BCUT2D eigenvalue weighted by Crippen LogP contribution is 2.78. The van der Waals surface area contributed by atoms with Crippen molar-refractivity contribution >= 4 is 11.7 Å². The molecule has 4 aliphatic carbocycles. The van der Waals surface area contributed by atoms with E-state index < -0.39 is 17.0 Å². The van der Waals surface area contributed by atoms with Crippen molar-refractivity contribution < 1.29 is 22.4 Å². The van der Waals surface area contributed by atoms with Gasteiger partial charge in [0.05, 0.1) is 16.5 Å². The van der Waals surface area contributed by atoms with E-state index in [0.717, 1.165) is 36.1 Å². The van der Waals surface area contributed by atoms with E-state index in [0.29, 0.717) is 5.82 Å². The third kappa shape index (κ3) is 2.57. The highest BCUT2D eigenvalue weighted by molar-refractivity contribution is 5.98. The summed E-state index contributed by atoms with van der Waals surface area (Å²) < 4.78 is 54.3. The fourth-order valence-electron chi connectivity index (χ4n) is 5.24. The van der Waals surface area contributed by atoms with E-state index in [1.54, 1.807) is 23.9 Å². The average molecular weight is 407 g/mol. The van der Waals surface area contributed by atoms with E-state index in [1.807, 2.05) is 0 Å². The molecule has 4 aliphatic rings. The van der Waals surface area contributed by atoms with Crippen LogP contribution in [0.15, 0.2) is 24.3 Å². The number of hydrogen-bond acceptors (Lipinski definition) is 2. The molecule has 0 saturated heterocycles. The molecule has 4 saturated carbocycles. The molecular formula is C21H21F4N3O. The molecule has 1 aromatic heterocycles. The normalized spacial score (nSPS) is 28.3. The summed E-state index contributed by atoms with van der Waals surface area (Å²) in [6, 6.07) is 6.11. The van der Waals surface area contributed by atoms with Gasteiger partial charge >= 0.3 is 6.18 Å². The van der Waals surface area contributed by atoms with E-state index >= 15 is 0 Å². The maximum atomic E-state index is 13.4. The number of hydrogen-bond donors (Lipinski definition) is 1. The number of aromatic nitrogens is 2. The fourth-order valence-corrected chi connectivity index (χ4v) is 5.24. The van der Waals surface area contributed by atoms with Crippen molar-refractivity contribution in [3.63, 3.8) is 0 Å². The largest absolute Gasteiger partial charge is 0.394 e. The first-order valence-corrected chi connectivity index (χ1v) is 9.85. The molecule has 4 nitrogen and oxygen atoms in total. The van der Waals surface area contributed by atoms with Crippen molar-refractivity contribution in [2.75, 3.05) is 5.32 Å². The van der Waals surface area contributed by atoms with Crippen LogP contribution >= 0.6 is 0 Å². The molecule has 29 heavy (non-hydrogen) atoms. The Morgan fingerprint density at radius 3 is 2.31 bits per heavy atom. The Hall–Kier alpha value is -2.38. The molecule has 1 N–H and O–H groups in total. The lowest BCUT2D eigenvalue weighted by molar-refractivity contribution is -0.349. The zero-order valence-corrected chi connectivity index (χ0v) is 15.9. The van der Waals surface area contributed by atoms with Crippen molar-refractivity contribution in [2.24, 2.45) is 17.9 Å². The molecule has 154 valence electrons. The second kappa shape index (κ2) is 5.83. The summed E-state index contributed by atoms with van der Waals surface area (Å²) in [4.78, 5) is 12.8. The van der Waals surface area contributed by atoms with Crippen LogP contribution in [-0.4, -0.2) is 21.9 Å². The summed E-state index contributed by atoms with van der Waals surface area (Å²) in [7, 11) is 1.76. The number of rotatable bonds is 4. The highest BCUT2D eigenvalue weighted by atomic mass is 19.4. The first kappa shape index (κ1) is 18.6. The van der Waals surface area contributed by atoms with Gasteiger partial charge < -0.3 is 5.32 Å². The molecule has 2 bridgehead atoms. The Morgan fingerprint density at radius 2 is 1.79 bits per heavy atom. The van der Waals surface area contributed by atoms with Gasteiger partial charge in [0.2, 0.25) is 5.91 Å². The van der Waals surface area contributed by atoms with Crippen LogP contribution in [0.25, 0.3) is 11.3 Å². The molecule has 1 amide bonds. The number of nitrogens with one attached hydrogen (secondary N) is 1. The van der Waals surface area contributed by atoms with Gasteiger partial charge in [-0.3, -0.25) is 9.48 Å². The third-order valence-corrected chi connectivity index (χ3v) is 7.06. The van der Waals surface area contributed by atoms with Crippen LogP contribution in [0.5, 0.6) is 0 Å². The molecule has 6 rings (SSSR count). The third-order valence-electron chi connectivity index (χ3n) is 7.06. The Morgan fingerprint density at radius 1 is 1.17 bits per heavy atom. The lowest BCUT2D eigenvalue weighted by atomic mass is 9.34. The predicted octanol–water partition coefficient (Wildman–Crippen LogP) is 5.16. The zero-order valence-electron chi connectivity index (χ0n) is 15.9. The van der Waals surface area contributed by atoms with E-state index in [4.69, 9.17) is 0 Å². The van der Waals surface area contributed by atoms with Crippen LogP contribution in [0, 0.1) is 16.6 Å². The second-order valence-corrected chi connectivity index (χ2v) is 8.91. The minimum atomic E-state index is -4.24. The number of carbonyl (C=O) groups excluding carboxylic acids is 1. The van der Waals surface area contributed by atoms with E-state index in [9.17, 15) is 22.4 Å². The van der Waals surface area contributed by atoms with Crippen LogP contribution in [0.3, 0.4) is 0 Å². The Bertz CT molecular complexity index is 969. The molecule has 0 atom stereocenters. The standard InChI is InChI=1S/C21H21F4N3O/c1-28-16(13-5-7-14(22)8-6-13)15(12-3-2-4-12)17(27-28)26-18(29)19-9-20(10-19,11-19)21(23,24)25/h5-8,12H,2-4,9-11H2,1H3,(H,26,27,29). The maximum Gasteiger partial charge on any atom is 0.394 e. The smallest absolute Gasteiger partial charge is 0.308 e. The van der Waals surface area contributed by atoms with Crippen molar-refractivity contribution in [1.29, 1.82) is 0 Å². The lowest BCUT2D eigenvalue weighted by Gasteiger charge is -2.68. The van der Waals surface area contributed by atoms with Gasteiger partial charge in [0, 0.05) is 18.2 Å². The fraction of sp³-hybridized carbons (Fsp3) is 0.524. The van der Waals surface area contributed by atoms with Gasteiger partial charge in [-0.25, -0.2) is 4.39 Å². The van der Waals surface area contributed by atoms with E-state index in [2.05, 4.69) is 10.4 Å². The number of aryl methyl sites for hydroxylation is 1. The van der Waals surface area contributed by atoms with Crippen LogP contribution in [0.4, 0.5) is 23.4 Å². The molecule has 8 heteroatoms. The highest BCUT2D eigenvalue weighted by Gasteiger charge is 2.81. The van der Waals surface area contributed by atoms with Crippen LogP contribution in [-0.2, 0) is 11.8 Å². The van der Waals surface area contributed by atoms with Gasteiger partial charge in [0.1, 0.15) is 5.82 Å². The van der Waals surface area contributed by atoms with Gasteiger partial charge in [-0.15, -0.1) is 0 Å². The maximum absolute atomic E-state index is 13.4. The molecule has 0 aliphatic heterocycles. The first-order valence-electron chi connectivity index (χ1n) is 9.85.